The Labute approximate surface area is 189 Å². The number of hydrogen-bond acceptors (Lipinski definition) is 5. The second kappa shape index (κ2) is 10.5. The summed E-state index contributed by atoms with van der Waals surface area (Å²) in [7, 11) is 0. The van der Waals surface area contributed by atoms with Crippen molar-refractivity contribution in [1.29, 1.82) is 0 Å². The van der Waals surface area contributed by atoms with E-state index >= 15 is 0 Å². The summed E-state index contributed by atoms with van der Waals surface area (Å²) in [4.78, 5) is 23.8. The summed E-state index contributed by atoms with van der Waals surface area (Å²) in [5.74, 6) is -0.464. The normalized spacial score (nSPS) is 12.6. The van der Waals surface area contributed by atoms with Gasteiger partial charge in [0, 0.05) is 13.0 Å². The van der Waals surface area contributed by atoms with Crippen molar-refractivity contribution in [2.75, 3.05) is 10.7 Å². The van der Waals surface area contributed by atoms with E-state index in [4.69, 9.17) is 4.74 Å². The number of hydrazine groups is 1. The van der Waals surface area contributed by atoms with E-state index in [-0.39, 0.29) is 24.3 Å². The highest BCUT2D eigenvalue weighted by Gasteiger charge is 2.35. The fourth-order valence-corrected chi connectivity index (χ4v) is 2.89. The van der Waals surface area contributed by atoms with Crippen LogP contribution in [0.15, 0.2) is 42.5 Å². The molecule has 0 aliphatic heterocycles. The van der Waals surface area contributed by atoms with E-state index in [0.29, 0.717) is 11.8 Å². The molecule has 2 N–H and O–H groups in total. The molecule has 180 valence electrons. The van der Waals surface area contributed by atoms with Crippen LogP contribution < -0.4 is 10.7 Å². The van der Waals surface area contributed by atoms with Gasteiger partial charge in [-0.3, -0.25) is 5.43 Å². The topological polar surface area (TPSA) is 70.7 Å². The summed E-state index contributed by atoms with van der Waals surface area (Å²) in [6, 6.07) is 8.07. The molecule has 0 aromatic heterocycles. The Morgan fingerprint density at radius 1 is 1.12 bits per heavy atom. The smallest absolute Gasteiger partial charge is 0.429 e. The lowest BCUT2D eigenvalue weighted by Crippen LogP contribution is -2.46. The number of nitrogens with zero attached hydrogens (tertiary/aromatic N) is 1. The molecule has 0 bridgehead atoms. The number of aldehydes is 1. The van der Waals surface area contributed by atoms with Crippen molar-refractivity contribution in [1.82, 2.24) is 5.01 Å². The van der Waals surface area contributed by atoms with Gasteiger partial charge in [0.05, 0.1) is 23.0 Å². The third-order valence-corrected chi connectivity index (χ3v) is 4.46. The first-order valence-corrected chi connectivity index (χ1v) is 10.2. The van der Waals surface area contributed by atoms with Crippen LogP contribution in [0.5, 0.6) is 0 Å². The third-order valence-electron chi connectivity index (χ3n) is 4.46. The zero-order valence-electron chi connectivity index (χ0n) is 18.8. The van der Waals surface area contributed by atoms with Crippen molar-refractivity contribution < 1.29 is 31.9 Å². The molecule has 2 rings (SSSR count). The van der Waals surface area contributed by atoms with Gasteiger partial charge in [0.25, 0.3) is 0 Å². The quantitative estimate of drug-likeness (QED) is 0.282. The fourth-order valence-electron chi connectivity index (χ4n) is 2.89. The summed E-state index contributed by atoms with van der Waals surface area (Å²) in [6.07, 6.45) is -5.00. The molecule has 0 heterocycles. The molecule has 6 nitrogen and oxygen atoms in total. The summed E-state index contributed by atoms with van der Waals surface area (Å²) >= 11 is 0. The second-order valence-corrected chi connectivity index (χ2v) is 8.42. The number of alkyl halides is 3. The van der Waals surface area contributed by atoms with Crippen molar-refractivity contribution in [2.45, 2.75) is 58.5 Å². The SMILES string of the molecule is CC(CC=O)N(Nc1cccc(C(F)(F)F)c1NCc1ccc(F)cc1)C(=O)OC(C)(C)C. The number of anilines is 2. The van der Waals surface area contributed by atoms with E-state index in [2.05, 4.69) is 10.7 Å². The Hall–Kier alpha value is -3.30. The molecule has 2 aromatic carbocycles. The summed E-state index contributed by atoms with van der Waals surface area (Å²) < 4.78 is 59.7. The summed E-state index contributed by atoms with van der Waals surface area (Å²) in [6.45, 7) is 6.47. The molecule has 0 aliphatic rings. The minimum atomic E-state index is -4.69. The van der Waals surface area contributed by atoms with Gasteiger partial charge in [0.1, 0.15) is 17.7 Å². The largest absolute Gasteiger partial charge is 0.442 e. The van der Waals surface area contributed by atoms with Crippen molar-refractivity contribution in [3.05, 3.63) is 59.4 Å². The second-order valence-electron chi connectivity index (χ2n) is 8.42. The highest BCUT2D eigenvalue weighted by Crippen LogP contribution is 2.39. The Balaban J connectivity index is 2.43. The molecule has 0 saturated carbocycles. The number of rotatable bonds is 8. The minimum absolute atomic E-state index is 0.0294. The van der Waals surface area contributed by atoms with Crippen LogP contribution in [0.25, 0.3) is 0 Å². The van der Waals surface area contributed by atoms with Gasteiger partial charge in [-0.2, -0.15) is 13.2 Å². The number of hydrogen-bond donors (Lipinski definition) is 2. The number of carbonyl (C=O) groups excluding carboxylic acids is 2. The molecule has 1 unspecified atom stereocenters. The molecular weight excluding hydrogens is 442 g/mol. The highest BCUT2D eigenvalue weighted by molar-refractivity contribution is 5.77. The lowest BCUT2D eigenvalue weighted by molar-refractivity contribution is -0.136. The molecule has 1 atom stereocenters. The molecule has 2 aromatic rings. The van der Waals surface area contributed by atoms with Gasteiger partial charge in [-0.25, -0.2) is 14.2 Å². The first-order valence-electron chi connectivity index (χ1n) is 10.2. The standard InChI is InChI=1S/C23H27F4N3O3/c1-15(12-13-31)30(21(32)33-22(2,3)4)29-19-7-5-6-18(23(25,26)27)20(19)28-14-16-8-10-17(24)11-9-16/h5-11,13,15,28-29H,12,14H2,1-4H3. The van der Waals surface area contributed by atoms with Gasteiger partial charge in [0.2, 0.25) is 0 Å². The third kappa shape index (κ3) is 7.65. The van der Waals surface area contributed by atoms with Crippen molar-refractivity contribution >= 4 is 23.8 Å². The van der Waals surface area contributed by atoms with E-state index in [1.165, 1.54) is 36.4 Å². The van der Waals surface area contributed by atoms with Gasteiger partial charge >= 0.3 is 12.3 Å². The Morgan fingerprint density at radius 2 is 1.76 bits per heavy atom. The average Bonchev–Trinajstić information content (AvgIpc) is 2.70. The number of carbonyl (C=O) groups is 2. The van der Waals surface area contributed by atoms with E-state index in [1.807, 2.05) is 0 Å². The predicted molar refractivity (Wildman–Crippen MR) is 117 cm³/mol. The molecule has 0 radical (unpaired) electrons. The molecule has 0 fully saturated rings. The number of nitrogens with one attached hydrogen (secondary N) is 2. The molecule has 0 saturated heterocycles. The number of amides is 1. The number of ether oxygens (including phenoxy) is 1. The first-order chi connectivity index (χ1) is 15.3. The van der Waals surface area contributed by atoms with E-state index < -0.39 is 35.3 Å². The van der Waals surface area contributed by atoms with Crippen LogP contribution in [0.2, 0.25) is 0 Å². The average molecular weight is 469 g/mol. The zero-order valence-corrected chi connectivity index (χ0v) is 18.8. The van der Waals surface area contributed by atoms with E-state index in [1.54, 1.807) is 27.7 Å². The fraction of sp³-hybridized carbons (Fsp3) is 0.391. The van der Waals surface area contributed by atoms with Crippen LogP contribution in [-0.4, -0.2) is 29.0 Å². The molecule has 1 amide bonds. The van der Waals surface area contributed by atoms with Crippen molar-refractivity contribution in [3.8, 4) is 0 Å². The van der Waals surface area contributed by atoms with Crippen LogP contribution in [0.3, 0.4) is 0 Å². The molecule has 33 heavy (non-hydrogen) atoms. The molecule has 0 aliphatic carbocycles. The van der Waals surface area contributed by atoms with Gasteiger partial charge in [-0.05, 0) is 57.5 Å². The molecular formula is C23H27F4N3O3. The van der Waals surface area contributed by atoms with Gasteiger partial charge in [0.15, 0.2) is 0 Å². The maximum Gasteiger partial charge on any atom is 0.429 e. The van der Waals surface area contributed by atoms with E-state index in [9.17, 15) is 27.2 Å². The Kier molecular flexibility index (Phi) is 8.29. The first kappa shape index (κ1) is 26.0. The molecule has 10 heteroatoms. The zero-order chi connectivity index (χ0) is 24.8. The van der Waals surface area contributed by atoms with E-state index in [0.717, 1.165) is 11.1 Å². The number of benzene rings is 2. The van der Waals surface area contributed by atoms with Crippen LogP contribution in [0, 0.1) is 5.82 Å². The van der Waals surface area contributed by atoms with Crippen LogP contribution in [-0.2, 0) is 22.3 Å². The highest BCUT2D eigenvalue weighted by atomic mass is 19.4. The van der Waals surface area contributed by atoms with Crippen LogP contribution in [0.1, 0.15) is 45.2 Å². The van der Waals surface area contributed by atoms with Crippen molar-refractivity contribution in [2.24, 2.45) is 0 Å². The van der Waals surface area contributed by atoms with Crippen LogP contribution >= 0.6 is 0 Å². The molecule has 0 spiro atoms. The lowest BCUT2D eigenvalue weighted by Gasteiger charge is -2.32. The Bertz CT molecular complexity index is 957. The van der Waals surface area contributed by atoms with Gasteiger partial charge in [-0.1, -0.05) is 18.2 Å². The minimum Gasteiger partial charge on any atom is -0.442 e. The lowest BCUT2D eigenvalue weighted by atomic mass is 10.1. The summed E-state index contributed by atoms with van der Waals surface area (Å²) in [5.41, 5.74) is 1.07. The van der Waals surface area contributed by atoms with Gasteiger partial charge in [-0.15, -0.1) is 0 Å². The maximum atomic E-state index is 13.7. The number of halogens is 4. The van der Waals surface area contributed by atoms with Crippen LogP contribution in [0.4, 0.5) is 33.7 Å². The Morgan fingerprint density at radius 3 is 2.30 bits per heavy atom. The maximum absolute atomic E-state index is 13.7. The monoisotopic (exact) mass is 469 g/mol. The van der Waals surface area contributed by atoms with Crippen molar-refractivity contribution in [3.63, 3.8) is 0 Å². The summed E-state index contributed by atoms with van der Waals surface area (Å²) in [5, 5.41) is 3.72. The predicted octanol–water partition coefficient (Wildman–Crippen LogP) is 6.00. The van der Waals surface area contributed by atoms with Gasteiger partial charge < -0.3 is 14.8 Å². The number of para-hydroxylation sites is 1.